The first-order valence-corrected chi connectivity index (χ1v) is 7.18. The van der Waals surface area contributed by atoms with Crippen LogP contribution in [0.4, 0.5) is 0 Å². The van der Waals surface area contributed by atoms with Crippen molar-refractivity contribution in [2.24, 2.45) is 11.1 Å². The monoisotopic (exact) mass is 269 g/mol. The highest BCUT2D eigenvalue weighted by atomic mass is 32.1. The Bertz CT molecular complexity index is 401. The SMILES string of the molecule is CCCN(CC(C)(C)CN)C(=O)c1scnc1C. The molecule has 0 aliphatic carbocycles. The molecule has 0 unspecified atom stereocenters. The van der Waals surface area contributed by atoms with Gasteiger partial charge in [0.1, 0.15) is 4.88 Å². The van der Waals surface area contributed by atoms with Crippen molar-refractivity contribution >= 4 is 17.2 Å². The van der Waals surface area contributed by atoms with Crippen LogP contribution in [0.25, 0.3) is 0 Å². The van der Waals surface area contributed by atoms with Crippen molar-refractivity contribution in [2.75, 3.05) is 19.6 Å². The molecule has 1 rings (SSSR count). The van der Waals surface area contributed by atoms with E-state index in [1.54, 1.807) is 5.51 Å². The highest BCUT2D eigenvalue weighted by molar-refractivity contribution is 7.11. The Balaban J connectivity index is 2.85. The molecule has 1 aromatic heterocycles. The van der Waals surface area contributed by atoms with Crippen LogP contribution in [0.2, 0.25) is 0 Å². The number of nitrogens with two attached hydrogens (primary N) is 1. The Morgan fingerprint density at radius 3 is 2.67 bits per heavy atom. The van der Waals surface area contributed by atoms with Crippen LogP contribution in [0.3, 0.4) is 0 Å². The van der Waals surface area contributed by atoms with Gasteiger partial charge in [-0.25, -0.2) is 4.98 Å². The third kappa shape index (κ3) is 3.78. The van der Waals surface area contributed by atoms with E-state index in [0.717, 1.165) is 23.5 Å². The van der Waals surface area contributed by atoms with Crippen LogP contribution in [-0.2, 0) is 0 Å². The fourth-order valence-corrected chi connectivity index (χ4v) is 2.52. The number of aromatic nitrogens is 1. The predicted octanol–water partition coefficient (Wildman–Crippen LogP) is 2.29. The topological polar surface area (TPSA) is 59.2 Å². The molecule has 102 valence electrons. The van der Waals surface area contributed by atoms with Crippen LogP contribution in [0.1, 0.15) is 42.6 Å². The molecule has 0 saturated carbocycles. The van der Waals surface area contributed by atoms with Gasteiger partial charge in [0, 0.05) is 13.1 Å². The number of carbonyl (C=O) groups is 1. The van der Waals surface area contributed by atoms with E-state index in [9.17, 15) is 4.79 Å². The van der Waals surface area contributed by atoms with E-state index in [2.05, 4.69) is 25.8 Å². The number of hydrogen-bond donors (Lipinski definition) is 1. The average Bonchev–Trinajstić information content (AvgIpc) is 2.74. The van der Waals surface area contributed by atoms with E-state index in [-0.39, 0.29) is 11.3 Å². The summed E-state index contributed by atoms with van der Waals surface area (Å²) >= 11 is 1.41. The highest BCUT2D eigenvalue weighted by Gasteiger charge is 2.25. The molecule has 0 bridgehead atoms. The van der Waals surface area contributed by atoms with Gasteiger partial charge in [-0.2, -0.15) is 0 Å². The van der Waals surface area contributed by atoms with Gasteiger partial charge in [0.15, 0.2) is 0 Å². The van der Waals surface area contributed by atoms with Crippen molar-refractivity contribution in [3.8, 4) is 0 Å². The van der Waals surface area contributed by atoms with Gasteiger partial charge in [-0.05, 0) is 25.3 Å². The van der Waals surface area contributed by atoms with E-state index in [4.69, 9.17) is 5.73 Å². The lowest BCUT2D eigenvalue weighted by Gasteiger charge is -2.31. The summed E-state index contributed by atoms with van der Waals surface area (Å²) in [5.74, 6) is 0.0818. The lowest BCUT2D eigenvalue weighted by Crippen LogP contribution is -2.42. The largest absolute Gasteiger partial charge is 0.337 e. The minimum atomic E-state index is -0.0522. The third-order valence-electron chi connectivity index (χ3n) is 2.89. The van der Waals surface area contributed by atoms with Crippen molar-refractivity contribution < 1.29 is 4.79 Å². The minimum Gasteiger partial charge on any atom is -0.337 e. The van der Waals surface area contributed by atoms with Crippen LogP contribution in [0.5, 0.6) is 0 Å². The lowest BCUT2D eigenvalue weighted by atomic mass is 9.93. The average molecular weight is 269 g/mol. The molecular formula is C13H23N3OS. The Morgan fingerprint density at radius 2 is 2.22 bits per heavy atom. The standard InChI is InChI=1S/C13H23N3OS/c1-5-6-16(8-13(3,4)7-14)12(17)11-10(2)15-9-18-11/h9H,5-8,14H2,1-4H3. The molecule has 0 saturated heterocycles. The van der Waals surface area contributed by atoms with E-state index < -0.39 is 0 Å². The first-order chi connectivity index (χ1) is 8.41. The van der Waals surface area contributed by atoms with Crippen LogP contribution in [0.15, 0.2) is 5.51 Å². The molecule has 0 radical (unpaired) electrons. The maximum absolute atomic E-state index is 12.5. The van der Waals surface area contributed by atoms with Crippen LogP contribution in [-0.4, -0.2) is 35.4 Å². The molecule has 18 heavy (non-hydrogen) atoms. The summed E-state index contributed by atoms with van der Waals surface area (Å²) in [5, 5.41) is 0. The van der Waals surface area contributed by atoms with E-state index in [1.807, 2.05) is 11.8 Å². The number of thiazole rings is 1. The zero-order valence-corrected chi connectivity index (χ0v) is 12.5. The number of rotatable bonds is 6. The van der Waals surface area contributed by atoms with Gasteiger partial charge in [-0.15, -0.1) is 11.3 Å². The van der Waals surface area contributed by atoms with Crippen LogP contribution in [0, 0.1) is 12.3 Å². The van der Waals surface area contributed by atoms with Gasteiger partial charge in [-0.1, -0.05) is 20.8 Å². The fraction of sp³-hybridized carbons (Fsp3) is 0.692. The van der Waals surface area contributed by atoms with Crippen molar-refractivity contribution in [3.05, 3.63) is 16.1 Å². The second kappa shape index (κ2) is 6.29. The summed E-state index contributed by atoms with van der Waals surface area (Å²) in [6.45, 7) is 10.2. The molecular weight excluding hydrogens is 246 g/mol. The second-order valence-electron chi connectivity index (χ2n) is 5.36. The Labute approximate surface area is 113 Å². The quantitative estimate of drug-likeness (QED) is 0.862. The van der Waals surface area contributed by atoms with Gasteiger partial charge in [0.05, 0.1) is 11.2 Å². The molecule has 2 N–H and O–H groups in total. The van der Waals surface area contributed by atoms with Gasteiger partial charge in [0.25, 0.3) is 5.91 Å². The van der Waals surface area contributed by atoms with Crippen molar-refractivity contribution in [1.29, 1.82) is 0 Å². The maximum Gasteiger partial charge on any atom is 0.265 e. The van der Waals surface area contributed by atoms with E-state index >= 15 is 0 Å². The van der Waals surface area contributed by atoms with Crippen LogP contribution < -0.4 is 5.73 Å². The van der Waals surface area contributed by atoms with Crippen molar-refractivity contribution in [2.45, 2.75) is 34.1 Å². The summed E-state index contributed by atoms with van der Waals surface area (Å²) in [6.07, 6.45) is 0.949. The minimum absolute atomic E-state index is 0.0522. The molecule has 0 aromatic carbocycles. The first kappa shape index (κ1) is 15.1. The van der Waals surface area contributed by atoms with Gasteiger partial charge >= 0.3 is 0 Å². The number of nitrogens with zero attached hydrogens (tertiary/aromatic N) is 2. The molecule has 1 amide bonds. The fourth-order valence-electron chi connectivity index (χ4n) is 1.75. The van der Waals surface area contributed by atoms with Gasteiger partial charge < -0.3 is 10.6 Å². The maximum atomic E-state index is 12.5. The number of aryl methyl sites for hydroxylation is 1. The normalized spacial score (nSPS) is 11.6. The van der Waals surface area contributed by atoms with E-state index in [1.165, 1.54) is 11.3 Å². The summed E-state index contributed by atoms with van der Waals surface area (Å²) in [4.78, 5) is 19.3. The van der Waals surface area contributed by atoms with Crippen LogP contribution >= 0.6 is 11.3 Å². The smallest absolute Gasteiger partial charge is 0.265 e. The molecule has 0 aliphatic rings. The molecule has 4 nitrogen and oxygen atoms in total. The predicted molar refractivity (Wildman–Crippen MR) is 75.9 cm³/mol. The zero-order valence-electron chi connectivity index (χ0n) is 11.7. The molecule has 1 aromatic rings. The number of amides is 1. The van der Waals surface area contributed by atoms with Gasteiger partial charge in [-0.3, -0.25) is 4.79 Å². The molecule has 0 aliphatic heterocycles. The second-order valence-corrected chi connectivity index (χ2v) is 6.22. The summed E-state index contributed by atoms with van der Waals surface area (Å²) in [5.41, 5.74) is 8.24. The summed E-state index contributed by atoms with van der Waals surface area (Å²) in [7, 11) is 0. The first-order valence-electron chi connectivity index (χ1n) is 6.30. The molecule has 0 atom stereocenters. The van der Waals surface area contributed by atoms with E-state index in [0.29, 0.717) is 13.1 Å². The Morgan fingerprint density at radius 1 is 1.56 bits per heavy atom. The van der Waals surface area contributed by atoms with Crippen molar-refractivity contribution in [3.63, 3.8) is 0 Å². The summed E-state index contributed by atoms with van der Waals surface area (Å²) < 4.78 is 0. The Kier molecular flexibility index (Phi) is 5.28. The molecule has 0 spiro atoms. The Hall–Kier alpha value is -0.940. The zero-order chi connectivity index (χ0) is 13.8. The third-order valence-corrected chi connectivity index (χ3v) is 3.81. The highest BCUT2D eigenvalue weighted by Crippen LogP contribution is 2.20. The lowest BCUT2D eigenvalue weighted by molar-refractivity contribution is 0.0693. The van der Waals surface area contributed by atoms with Gasteiger partial charge in [0.2, 0.25) is 0 Å². The number of carbonyl (C=O) groups excluding carboxylic acids is 1. The molecule has 0 fully saturated rings. The molecule has 5 heteroatoms. The number of hydrogen-bond acceptors (Lipinski definition) is 4. The van der Waals surface area contributed by atoms with Crippen molar-refractivity contribution in [1.82, 2.24) is 9.88 Å². The summed E-state index contributed by atoms with van der Waals surface area (Å²) in [6, 6.07) is 0. The molecule has 1 heterocycles.